The standard InChI is InChI=1S/C8H21ClN2Si/c1-3-5-7-10-12(9)11-8-6-4-2/h10-12H,3-8H2,1-2H3. The summed E-state index contributed by atoms with van der Waals surface area (Å²) in [5.74, 6) is 0. The van der Waals surface area contributed by atoms with E-state index in [0.29, 0.717) is 0 Å². The van der Waals surface area contributed by atoms with Crippen molar-refractivity contribution in [2.45, 2.75) is 39.5 Å². The van der Waals surface area contributed by atoms with Crippen LogP contribution < -0.4 is 9.96 Å². The normalized spacial score (nSPS) is 11.0. The molecular weight excluding hydrogens is 188 g/mol. The lowest BCUT2D eigenvalue weighted by molar-refractivity contribution is 0.729. The topological polar surface area (TPSA) is 24.1 Å². The van der Waals surface area contributed by atoms with Gasteiger partial charge in [0.1, 0.15) is 0 Å². The predicted molar refractivity (Wildman–Crippen MR) is 58.8 cm³/mol. The third kappa shape index (κ3) is 8.52. The molecule has 0 aromatic carbocycles. The molecule has 0 spiro atoms. The SMILES string of the molecule is CCCCN[SiH](Cl)NCCCC. The van der Waals surface area contributed by atoms with Gasteiger partial charge in [0.15, 0.2) is 0 Å². The van der Waals surface area contributed by atoms with Gasteiger partial charge in [-0.3, -0.25) is 0 Å². The van der Waals surface area contributed by atoms with Crippen LogP contribution in [-0.2, 0) is 0 Å². The average molecular weight is 209 g/mol. The van der Waals surface area contributed by atoms with E-state index >= 15 is 0 Å². The molecular formula is C8H21ClN2Si. The summed E-state index contributed by atoms with van der Waals surface area (Å²) in [6, 6.07) is 0. The molecule has 2 N–H and O–H groups in total. The fourth-order valence-corrected chi connectivity index (χ4v) is 2.60. The molecule has 0 saturated carbocycles. The molecule has 0 aliphatic carbocycles. The average Bonchev–Trinajstić information content (AvgIpc) is 2.06. The van der Waals surface area contributed by atoms with Crippen LogP contribution in [0.5, 0.6) is 0 Å². The monoisotopic (exact) mass is 208 g/mol. The molecule has 0 rings (SSSR count). The Labute approximate surface area is 82.5 Å². The first-order valence-corrected chi connectivity index (χ1v) is 7.82. The summed E-state index contributed by atoms with van der Waals surface area (Å²) in [5, 5.41) is 0. The predicted octanol–water partition coefficient (Wildman–Crippen LogP) is 1.72. The minimum Gasteiger partial charge on any atom is -0.316 e. The first kappa shape index (κ1) is 12.4. The number of halogens is 1. The molecule has 0 aliphatic heterocycles. The van der Waals surface area contributed by atoms with Gasteiger partial charge in [-0.1, -0.05) is 26.7 Å². The van der Waals surface area contributed by atoms with Crippen LogP contribution in [0.1, 0.15) is 39.5 Å². The van der Waals surface area contributed by atoms with Crippen LogP contribution in [0.2, 0.25) is 0 Å². The molecule has 0 saturated heterocycles. The molecule has 0 atom stereocenters. The van der Waals surface area contributed by atoms with Crippen molar-refractivity contribution in [1.82, 2.24) is 9.96 Å². The molecule has 2 nitrogen and oxygen atoms in total. The summed E-state index contributed by atoms with van der Waals surface area (Å²) in [6.45, 7) is 6.51. The third-order valence-electron chi connectivity index (χ3n) is 1.71. The van der Waals surface area contributed by atoms with Crippen molar-refractivity contribution in [3.63, 3.8) is 0 Å². The summed E-state index contributed by atoms with van der Waals surface area (Å²) < 4.78 is 0. The summed E-state index contributed by atoms with van der Waals surface area (Å²) in [6.07, 6.45) is 4.93. The minimum absolute atomic E-state index is 1.07. The number of hydrogen-bond acceptors (Lipinski definition) is 2. The van der Waals surface area contributed by atoms with Crippen molar-refractivity contribution in [1.29, 1.82) is 0 Å². The molecule has 0 fully saturated rings. The lowest BCUT2D eigenvalue weighted by atomic mass is 10.3. The van der Waals surface area contributed by atoms with Crippen LogP contribution >= 0.6 is 11.1 Å². The van der Waals surface area contributed by atoms with E-state index in [1.54, 1.807) is 0 Å². The zero-order chi connectivity index (χ0) is 9.23. The fourth-order valence-electron chi connectivity index (χ4n) is 0.883. The molecule has 0 radical (unpaired) electrons. The lowest BCUT2D eigenvalue weighted by Gasteiger charge is -2.10. The highest BCUT2D eigenvalue weighted by Gasteiger charge is 2.02. The largest absolute Gasteiger partial charge is 0.316 e. The van der Waals surface area contributed by atoms with E-state index in [9.17, 15) is 0 Å². The molecule has 12 heavy (non-hydrogen) atoms. The molecule has 0 aliphatic rings. The maximum atomic E-state index is 6.07. The molecule has 0 heterocycles. The van der Waals surface area contributed by atoms with Gasteiger partial charge in [0.2, 0.25) is 0 Å². The fraction of sp³-hybridized carbons (Fsp3) is 1.00. The second-order valence-corrected chi connectivity index (χ2v) is 5.83. The van der Waals surface area contributed by atoms with Crippen molar-refractivity contribution in [2.24, 2.45) is 0 Å². The van der Waals surface area contributed by atoms with Gasteiger partial charge < -0.3 is 9.96 Å². The summed E-state index contributed by atoms with van der Waals surface area (Å²) in [4.78, 5) is 6.67. The number of unbranched alkanes of at least 4 members (excludes halogenated alkanes) is 2. The van der Waals surface area contributed by atoms with Gasteiger partial charge in [-0.25, -0.2) is 0 Å². The van der Waals surface area contributed by atoms with E-state index in [1.165, 1.54) is 25.7 Å². The zero-order valence-corrected chi connectivity index (χ0v) is 10.1. The van der Waals surface area contributed by atoms with E-state index < -0.39 is 8.43 Å². The Kier molecular flexibility index (Phi) is 9.85. The summed E-state index contributed by atoms with van der Waals surface area (Å²) in [5.41, 5.74) is 0. The Morgan fingerprint density at radius 1 is 1.00 bits per heavy atom. The van der Waals surface area contributed by atoms with E-state index in [4.69, 9.17) is 11.1 Å². The smallest absolute Gasteiger partial charge is 0.286 e. The molecule has 0 unspecified atom stereocenters. The van der Waals surface area contributed by atoms with Crippen LogP contribution in [0.25, 0.3) is 0 Å². The summed E-state index contributed by atoms with van der Waals surface area (Å²) in [7, 11) is -1.29. The number of hydrogen-bond donors (Lipinski definition) is 2. The Morgan fingerprint density at radius 2 is 1.42 bits per heavy atom. The Balaban J connectivity index is 3.04. The van der Waals surface area contributed by atoms with Gasteiger partial charge >= 0.3 is 0 Å². The van der Waals surface area contributed by atoms with Crippen LogP contribution in [0, 0.1) is 0 Å². The van der Waals surface area contributed by atoms with E-state index in [2.05, 4.69) is 23.8 Å². The van der Waals surface area contributed by atoms with Gasteiger partial charge in [-0.05, 0) is 25.9 Å². The van der Waals surface area contributed by atoms with Crippen LogP contribution in [0.4, 0.5) is 0 Å². The maximum Gasteiger partial charge on any atom is 0.286 e. The highest BCUT2D eigenvalue weighted by molar-refractivity contribution is 7.03. The van der Waals surface area contributed by atoms with E-state index in [0.717, 1.165) is 13.1 Å². The summed E-state index contributed by atoms with van der Waals surface area (Å²) >= 11 is 6.07. The Hall–Kier alpha value is 0.427. The molecule has 74 valence electrons. The van der Waals surface area contributed by atoms with E-state index in [-0.39, 0.29) is 0 Å². The lowest BCUT2D eigenvalue weighted by Crippen LogP contribution is -2.43. The highest BCUT2D eigenvalue weighted by Crippen LogP contribution is 1.87. The number of rotatable bonds is 8. The van der Waals surface area contributed by atoms with Gasteiger partial charge in [0.25, 0.3) is 8.43 Å². The quantitative estimate of drug-likeness (QED) is 0.361. The second-order valence-electron chi connectivity index (χ2n) is 2.98. The first-order chi connectivity index (χ1) is 5.81. The number of nitrogens with one attached hydrogen (secondary N) is 2. The second kappa shape index (κ2) is 9.51. The van der Waals surface area contributed by atoms with Crippen LogP contribution in [-0.4, -0.2) is 21.5 Å². The molecule has 0 amide bonds. The maximum absolute atomic E-state index is 6.07. The van der Waals surface area contributed by atoms with Gasteiger partial charge in [-0.15, -0.1) is 11.1 Å². The van der Waals surface area contributed by atoms with Gasteiger partial charge in [0, 0.05) is 0 Å². The molecule has 0 bridgehead atoms. The third-order valence-corrected chi connectivity index (χ3v) is 3.93. The molecule has 0 aromatic rings. The van der Waals surface area contributed by atoms with Gasteiger partial charge in [0.05, 0.1) is 0 Å². The van der Waals surface area contributed by atoms with Crippen molar-refractivity contribution >= 4 is 19.5 Å². The minimum atomic E-state index is -1.29. The van der Waals surface area contributed by atoms with Crippen molar-refractivity contribution in [3.8, 4) is 0 Å². The Bertz CT molecular complexity index is 83.1. The van der Waals surface area contributed by atoms with E-state index in [1.807, 2.05) is 0 Å². The Morgan fingerprint density at radius 3 is 1.75 bits per heavy atom. The van der Waals surface area contributed by atoms with Crippen molar-refractivity contribution in [2.75, 3.05) is 13.1 Å². The molecule has 4 heteroatoms. The van der Waals surface area contributed by atoms with Crippen molar-refractivity contribution < 1.29 is 0 Å². The van der Waals surface area contributed by atoms with Crippen molar-refractivity contribution in [3.05, 3.63) is 0 Å². The first-order valence-electron chi connectivity index (χ1n) is 4.92. The van der Waals surface area contributed by atoms with Gasteiger partial charge in [-0.2, -0.15) is 0 Å². The highest BCUT2D eigenvalue weighted by atomic mass is 35.6. The van der Waals surface area contributed by atoms with Crippen LogP contribution in [0.15, 0.2) is 0 Å². The zero-order valence-electron chi connectivity index (χ0n) is 8.20. The van der Waals surface area contributed by atoms with Crippen LogP contribution in [0.3, 0.4) is 0 Å². The molecule has 0 aromatic heterocycles.